The van der Waals surface area contributed by atoms with Crippen molar-refractivity contribution in [2.24, 2.45) is 11.8 Å². The summed E-state index contributed by atoms with van der Waals surface area (Å²) < 4.78 is 40.3. The number of halogens is 3. The van der Waals surface area contributed by atoms with Crippen LogP contribution in [0, 0.1) is 11.8 Å². The topological polar surface area (TPSA) is 24.5 Å². The van der Waals surface area contributed by atoms with Crippen molar-refractivity contribution < 1.29 is 17.9 Å². The second kappa shape index (κ2) is 5.81. The second-order valence-electron chi connectivity index (χ2n) is 6.65. The summed E-state index contributed by atoms with van der Waals surface area (Å²) in [6, 6.07) is 0.277. The molecule has 20 heavy (non-hydrogen) atoms. The molecule has 2 unspecified atom stereocenters. The Morgan fingerprint density at radius 2 is 2.00 bits per heavy atom. The van der Waals surface area contributed by atoms with Crippen molar-refractivity contribution in [3.05, 3.63) is 0 Å². The maximum Gasteiger partial charge on any atom is 0.522 e. The van der Waals surface area contributed by atoms with Crippen LogP contribution >= 0.6 is 0 Å². The van der Waals surface area contributed by atoms with Crippen molar-refractivity contribution in [3.8, 4) is 0 Å². The van der Waals surface area contributed by atoms with Gasteiger partial charge in [-0.1, -0.05) is 13.8 Å². The highest BCUT2D eigenvalue weighted by Crippen LogP contribution is 2.41. The minimum absolute atomic E-state index is 0.0453. The molecule has 3 nitrogen and oxygen atoms in total. The lowest BCUT2D eigenvalue weighted by Crippen LogP contribution is -2.65. The highest BCUT2D eigenvalue weighted by Gasteiger charge is 2.46. The summed E-state index contributed by atoms with van der Waals surface area (Å²) in [5, 5.41) is 3.62. The van der Waals surface area contributed by atoms with Crippen molar-refractivity contribution in [1.82, 2.24) is 10.2 Å². The molecule has 2 aliphatic rings. The molecule has 0 spiro atoms. The molecule has 1 saturated heterocycles. The minimum Gasteiger partial charge on any atom is -0.308 e. The smallest absolute Gasteiger partial charge is 0.308 e. The Kier molecular flexibility index (Phi) is 4.66. The van der Waals surface area contributed by atoms with E-state index in [4.69, 9.17) is 0 Å². The third kappa shape index (κ3) is 4.09. The monoisotopic (exact) mass is 294 g/mol. The first kappa shape index (κ1) is 16.0. The zero-order valence-electron chi connectivity index (χ0n) is 12.5. The van der Waals surface area contributed by atoms with Gasteiger partial charge < -0.3 is 5.32 Å². The van der Waals surface area contributed by atoms with E-state index in [9.17, 15) is 13.2 Å². The van der Waals surface area contributed by atoms with E-state index in [1.807, 2.05) is 0 Å². The Hall–Kier alpha value is -0.330. The normalized spacial score (nSPS) is 32.9. The molecule has 1 N–H and O–H groups in total. The van der Waals surface area contributed by atoms with Crippen LogP contribution in [-0.2, 0) is 4.74 Å². The molecule has 1 heterocycles. The number of hydrogen-bond donors (Lipinski definition) is 1. The van der Waals surface area contributed by atoms with E-state index in [1.54, 1.807) is 0 Å². The molecule has 2 fully saturated rings. The first-order valence-corrected chi connectivity index (χ1v) is 7.41. The van der Waals surface area contributed by atoms with Gasteiger partial charge in [0.1, 0.15) is 0 Å². The molecule has 0 aromatic heterocycles. The molecule has 1 aliphatic heterocycles. The molecule has 0 bridgehead atoms. The molecular formula is C14H25F3N2O. The zero-order chi connectivity index (χ0) is 15.0. The van der Waals surface area contributed by atoms with Crippen LogP contribution in [-0.4, -0.2) is 49.1 Å². The van der Waals surface area contributed by atoms with Gasteiger partial charge in [0, 0.05) is 31.2 Å². The standard InChI is InChI=1S/C14H25F3N2O/c1-10(2)12-8-18-13(3,11-4-5-11)9-19(12)6-7-20-14(15,16)17/h10-12,18H,4-9H2,1-3H3. The minimum atomic E-state index is -4.53. The van der Waals surface area contributed by atoms with Gasteiger partial charge in [-0.05, 0) is 31.6 Å². The predicted octanol–water partition coefficient (Wildman–Crippen LogP) is 2.62. The number of alkyl halides is 3. The SMILES string of the molecule is CC(C)C1CNC(C)(C2CC2)CN1CCOC(F)(F)F. The molecule has 118 valence electrons. The van der Waals surface area contributed by atoms with E-state index in [0.717, 1.165) is 13.1 Å². The number of ether oxygens (including phenoxy) is 1. The molecule has 0 aromatic carbocycles. The first-order valence-electron chi connectivity index (χ1n) is 7.41. The second-order valence-corrected chi connectivity index (χ2v) is 6.65. The molecule has 2 atom stereocenters. The van der Waals surface area contributed by atoms with Crippen molar-refractivity contribution in [2.45, 2.75) is 51.6 Å². The van der Waals surface area contributed by atoms with Crippen LogP contribution in [0.25, 0.3) is 0 Å². The van der Waals surface area contributed by atoms with Crippen LogP contribution < -0.4 is 5.32 Å². The highest BCUT2D eigenvalue weighted by molar-refractivity contribution is 5.04. The third-order valence-electron chi connectivity index (χ3n) is 4.61. The van der Waals surface area contributed by atoms with Crippen molar-refractivity contribution in [2.75, 3.05) is 26.2 Å². The fourth-order valence-electron chi connectivity index (χ4n) is 3.24. The van der Waals surface area contributed by atoms with E-state index in [0.29, 0.717) is 18.4 Å². The first-order chi connectivity index (χ1) is 9.21. The fraction of sp³-hybridized carbons (Fsp3) is 1.00. The zero-order valence-corrected chi connectivity index (χ0v) is 12.5. The van der Waals surface area contributed by atoms with Crippen LogP contribution in [0.3, 0.4) is 0 Å². The Balaban J connectivity index is 1.92. The quantitative estimate of drug-likeness (QED) is 0.843. The Morgan fingerprint density at radius 3 is 2.50 bits per heavy atom. The van der Waals surface area contributed by atoms with Gasteiger partial charge in [0.15, 0.2) is 0 Å². The molecule has 2 rings (SSSR count). The average molecular weight is 294 g/mol. The van der Waals surface area contributed by atoms with Gasteiger partial charge in [0.2, 0.25) is 0 Å². The van der Waals surface area contributed by atoms with E-state index in [2.05, 4.69) is 35.7 Å². The Labute approximate surface area is 118 Å². The van der Waals surface area contributed by atoms with Gasteiger partial charge in [-0.15, -0.1) is 13.2 Å². The average Bonchev–Trinajstić information content (AvgIpc) is 3.10. The molecule has 0 radical (unpaired) electrons. The summed E-state index contributed by atoms with van der Waals surface area (Å²) in [4.78, 5) is 2.17. The van der Waals surface area contributed by atoms with E-state index in [-0.39, 0.29) is 18.2 Å². The molecule has 0 amide bonds. The van der Waals surface area contributed by atoms with E-state index in [1.165, 1.54) is 12.8 Å². The van der Waals surface area contributed by atoms with Gasteiger partial charge >= 0.3 is 6.36 Å². The van der Waals surface area contributed by atoms with Gasteiger partial charge in [-0.25, -0.2) is 0 Å². The molecule has 0 aromatic rings. The van der Waals surface area contributed by atoms with E-state index < -0.39 is 6.36 Å². The Morgan fingerprint density at radius 1 is 1.35 bits per heavy atom. The largest absolute Gasteiger partial charge is 0.522 e. The summed E-state index contributed by atoms with van der Waals surface area (Å²) in [5.41, 5.74) is 0.0453. The van der Waals surface area contributed by atoms with Crippen molar-refractivity contribution in [1.29, 1.82) is 0 Å². The lowest BCUT2D eigenvalue weighted by molar-refractivity contribution is -0.325. The maximum atomic E-state index is 12.1. The summed E-state index contributed by atoms with van der Waals surface area (Å²) in [5.74, 6) is 1.08. The number of rotatable bonds is 5. The number of hydrogen-bond acceptors (Lipinski definition) is 3. The molecular weight excluding hydrogens is 269 g/mol. The third-order valence-corrected chi connectivity index (χ3v) is 4.61. The summed E-state index contributed by atoms with van der Waals surface area (Å²) in [7, 11) is 0. The lowest BCUT2D eigenvalue weighted by Gasteiger charge is -2.48. The van der Waals surface area contributed by atoms with Gasteiger partial charge in [0.25, 0.3) is 0 Å². The fourth-order valence-corrected chi connectivity index (χ4v) is 3.24. The van der Waals surface area contributed by atoms with E-state index >= 15 is 0 Å². The lowest BCUT2D eigenvalue weighted by atomic mass is 9.88. The molecule has 1 aliphatic carbocycles. The van der Waals surface area contributed by atoms with Crippen molar-refractivity contribution in [3.63, 3.8) is 0 Å². The van der Waals surface area contributed by atoms with Gasteiger partial charge in [-0.3, -0.25) is 9.64 Å². The van der Waals surface area contributed by atoms with Crippen LogP contribution in [0.5, 0.6) is 0 Å². The van der Waals surface area contributed by atoms with Crippen LogP contribution in [0.1, 0.15) is 33.6 Å². The van der Waals surface area contributed by atoms with Crippen molar-refractivity contribution >= 4 is 0 Å². The number of nitrogens with one attached hydrogen (secondary N) is 1. The predicted molar refractivity (Wildman–Crippen MR) is 71.3 cm³/mol. The number of nitrogens with zero attached hydrogens (tertiary/aromatic N) is 1. The van der Waals surface area contributed by atoms with Crippen LogP contribution in [0.4, 0.5) is 13.2 Å². The van der Waals surface area contributed by atoms with Gasteiger partial charge in [0.05, 0.1) is 6.61 Å². The summed E-state index contributed by atoms with van der Waals surface area (Å²) in [6.45, 7) is 8.13. The Bertz CT molecular complexity index is 331. The highest BCUT2D eigenvalue weighted by atomic mass is 19.4. The summed E-state index contributed by atoms with van der Waals surface area (Å²) in [6.07, 6.45) is -2.08. The van der Waals surface area contributed by atoms with Gasteiger partial charge in [-0.2, -0.15) is 0 Å². The van der Waals surface area contributed by atoms with Crippen LogP contribution in [0.2, 0.25) is 0 Å². The number of piperazine rings is 1. The maximum absolute atomic E-state index is 12.1. The molecule has 6 heteroatoms. The summed E-state index contributed by atoms with van der Waals surface area (Å²) >= 11 is 0. The van der Waals surface area contributed by atoms with Crippen LogP contribution in [0.15, 0.2) is 0 Å². The molecule has 1 saturated carbocycles.